The molecule has 0 unspecified atom stereocenters. The smallest absolute Gasteiger partial charge is 0.170 e. The van der Waals surface area contributed by atoms with E-state index in [-0.39, 0.29) is 5.84 Å². The molecule has 0 fully saturated rings. The van der Waals surface area contributed by atoms with Crippen molar-refractivity contribution in [3.05, 3.63) is 59.2 Å². The van der Waals surface area contributed by atoms with E-state index in [4.69, 9.17) is 15.7 Å². The van der Waals surface area contributed by atoms with Crippen LogP contribution in [0, 0.1) is 6.92 Å². The second kappa shape index (κ2) is 6.65. The van der Waals surface area contributed by atoms with Gasteiger partial charge in [0.2, 0.25) is 0 Å². The van der Waals surface area contributed by atoms with Crippen molar-refractivity contribution in [2.45, 2.75) is 13.5 Å². The zero-order valence-corrected chi connectivity index (χ0v) is 12.1. The summed E-state index contributed by atoms with van der Waals surface area (Å²) < 4.78 is 5.24. The number of ether oxygens (including phenoxy) is 1. The molecule has 0 aliphatic heterocycles. The number of rotatable bonds is 5. The molecule has 0 bridgehead atoms. The van der Waals surface area contributed by atoms with Crippen LogP contribution in [0.15, 0.2) is 47.6 Å². The van der Waals surface area contributed by atoms with Crippen LogP contribution in [-0.2, 0) is 6.54 Å². The molecular formula is C16H19N3O2. The number of nitrogens with zero attached hydrogens (tertiary/aromatic N) is 1. The van der Waals surface area contributed by atoms with Gasteiger partial charge >= 0.3 is 0 Å². The highest BCUT2D eigenvalue weighted by Crippen LogP contribution is 2.22. The van der Waals surface area contributed by atoms with E-state index in [0.717, 1.165) is 28.1 Å². The third kappa shape index (κ3) is 3.45. The third-order valence-electron chi connectivity index (χ3n) is 3.28. The minimum Gasteiger partial charge on any atom is -0.496 e. The molecule has 2 aromatic rings. The van der Waals surface area contributed by atoms with E-state index in [0.29, 0.717) is 6.54 Å². The van der Waals surface area contributed by atoms with Gasteiger partial charge in [-0.05, 0) is 36.2 Å². The molecule has 0 spiro atoms. The predicted octanol–water partition coefficient (Wildman–Crippen LogP) is 2.71. The number of methoxy groups -OCH3 is 1. The molecule has 5 heteroatoms. The lowest BCUT2D eigenvalue weighted by Crippen LogP contribution is -2.16. The third-order valence-corrected chi connectivity index (χ3v) is 3.28. The predicted molar refractivity (Wildman–Crippen MR) is 84.0 cm³/mol. The molecule has 0 radical (unpaired) electrons. The van der Waals surface area contributed by atoms with Crippen LogP contribution in [0.4, 0.5) is 5.69 Å². The van der Waals surface area contributed by atoms with Crippen molar-refractivity contribution in [3.63, 3.8) is 0 Å². The fourth-order valence-corrected chi connectivity index (χ4v) is 2.16. The molecule has 0 aromatic heterocycles. The quantitative estimate of drug-likeness (QED) is 0.341. The van der Waals surface area contributed by atoms with E-state index in [1.807, 2.05) is 49.4 Å². The molecule has 0 aliphatic carbocycles. The summed E-state index contributed by atoms with van der Waals surface area (Å²) in [5.74, 6) is 0.968. The second-order valence-electron chi connectivity index (χ2n) is 4.68. The lowest BCUT2D eigenvalue weighted by atomic mass is 10.1. The maximum atomic E-state index is 8.82. The Hall–Kier alpha value is -2.69. The van der Waals surface area contributed by atoms with Gasteiger partial charge in [-0.3, -0.25) is 0 Å². The highest BCUT2D eigenvalue weighted by molar-refractivity contribution is 5.98. The number of nitrogens with one attached hydrogen (secondary N) is 1. The highest BCUT2D eigenvalue weighted by Gasteiger charge is 2.06. The van der Waals surface area contributed by atoms with Crippen LogP contribution in [-0.4, -0.2) is 18.2 Å². The summed E-state index contributed by atoms with van der Waals surface area (Å²) in [7, 11) is 1.66. The van der Waals surface area contributed by atoms with Crippen LogP contribution in [0.3, 0.4) is 0 Å². The lowest BCUT2D eigenvalue weighted by Gasteiger charge is -2.12. The number of hydrogen-bond acceptors (Lipinski definition) is 4. The number of hydrogen-bond donors (Lipinski definition) is 3. The minimum absolute atomic E-state index is 0.110. The molecule has 0 aliphatic rings. The van der Waals surface area contributed by atoms with Gasteiger partial charge in [0.05, 0.1) is 7.11 Å². The van der Waals surface area contributed by atoms with Crippen molar-refractivity contribution >= 4 is 11.5 Å². The number of aryl methyl sites for hydroxylation is 1. The lowest BCUT2D eigenvalue weighted by molar-refractivity contribution is 0.318. The molecule has 0 heterocycles. The number of anilines is 1. The summed E-state index contributed by atoms with van der Waals surface area (Å²) in [6, 6.07) is 13.4. The normalized spacial score (nSPS) is 11.2. The Morgan fingerprint density at radius 2 is 2.05 bits per heavy atom. The summed E-state index contributed by atoms with van der Waals surface area (Å²) in [6.45, 7) is 2.58. The molecule has 2 aromatic carbocycles. The summed E-state index contributed by atoms with van der Waals surface area (Å²) in [4.78, 5) is 0. The van der Waals surface area contributed by atoms with Gasteiger partial charge in [-0.15, -0.1) is 0 Å². The van der Waals surface area contributed by atoms with E-state index in [2.05, 4.69) is 10.5 Å². The van der Waals surface area contributed by atoms with E-state index in [1.165, 1.54) is 0 Å². The largest absolute Gasteiger partial charge is 0.496 e. The van der Waals surface area contributed by atoms with Crippen LogP contribution in [0.2, 0.25) is 0 Å². The van der Waals surface area contributed by atoms with Gasteiger partial charge in [0.1, 0.15) is 5.75 Å². The Balaban J connectivity index is 2.15. The molecule has 110 valence electrons. The fraction of sp³-hybridized carbons (Fsp3) is 0.188. The van der Waals surface area contributed by atoms with E-state index in [9.17, 15) is 0 Å². The average molecular weight is 285 g/mol. The topological polar surface area (TPSA) is 79.9 Å². The van der Waals surface area contributed by atoms with Gasteiger partial charge in [-0.1, -0.05) is 29.4 Å². The molecule has 4 N–H and O–H groups in total. The first-order valence-corrected chi connectivity index (χ1v) is 6.60. The van der Waals surface area contributed by atoms with Gasteiger partial charge < -0.3 is 21.0 Å². The Kier molecular flexibility index (Phi) is 4.66. The average Bonchev–Trinajstić information content (AvgIpc) is 2.52. The SMILES string of the molecule is COc1ccc(NCc2ccccc2C(N)=NO)cc1C. The second-order valence-corrected chi connectivity index (χ2v) is 4.68. The minimum atomic E-state index is 0.110. The van der Waals surface area contributed by atoms with Crippen molar-refractivity contribution in [2.24, 2.45) is 10.9 Å². The first kappa shape index (κ1) is 14.7. The number of benzene rings is 2. The standard InChI is InChI=1S/C16H19N3O2/c1-11-9-13(7-8-15(11)21-2)18-10-12-5-3-4-6-14(12)16(17)19-20/h3-9,18,20H,10H2,1-2H3,(H2,17,19). The Labute approximate surface area is 124 Å². The molecular weight excluding hydrogens is 266 g/mol. The summed E-state index contributed by atoms with van der Waals surface area (Å²) in [5, 5.41) is 15.2. The first-order valence-electron chi connectivity index (χ1n) is 6.60. The zero-order valence-electron chi connectivity index (χ0n) is 12.1. The number of amidine groups is 1. The van der Waals surface area contributed by atoms with Crippen molar-refractivity contribution in [3.8, 4) is 5.75 Å². The van der Waals surface area contributed by atoms with E-state index < -0.39 is 0 Å². The molecule has 2 rings (SSSR count). The van der Waals surface area contributed by atoms with Crippen LogP contribution in [0.25, 0.3) is 0 Å². The van der Waals surface area contributed by atoms with Gasteiger partial charge in [0, 0.05) is 17.8 Å². The van der Waals surface area contributed by atoms with Crippen LogP contribution >= 0.6 is 0 Å². The summed E-state index contributed by atoms with van der Waals surface area (Å²) >= 11 is 0. The fourth-order valence-electron chi connectivity index (χ4n) is 2.16. The van der Waals surface area contributed by atoms with Gasteiger partial charge in [0.25, 0.3) is 0 Å². The summed E-state index contributed by atoms with van der Waals surface area (Å²) in [6.07, 6.45) is 0. The first-order chi connectivity index (χ1) is 10.2. The maximum absolute atomic E-state index is 8.82. The Bertz CT molecular complexity index is 654. The van der Waals surface area contributed by atoms with Crippen LogP contribution < -0.4 is 15.8 Å². The number of nitrogens with two attached hydrogens (primary N) is 1. The molecule has 0 atom stereocenters. The van der Waals surface area contributed by atoms with Crippen LogP contribution in [0.1, 0.15) is 16.7 Å². The van der Waals surface area contributed by atoms with E-state index in [1.54, 1.807) is 7.11 Å². The molecule has 21 heavy (non-hydrogen) atoms. The molecule has 5 nitrogen and oxygen atoms in total. The zero-order chi connectivity index (χ0) is 15.2. The molecule has 0 saturated carbocycles. The van der Waals surface area contributed by atoms with Crippen LogP contribution in [0.5, 0.6) is 5.75 Å². The molecule has 0 amide bonds. The highest BCUT2D eigenvalue weighted by atomic mass is 16.5. The Morgan fingerprint density at radius 1 is 1.29 bits per heavy atom. The number of oxime groups is 1. The van der Waals surface area contributed by atoms with E-state index >= 15 is 0 Å². The Morgan fingerprint density at radius 3 is 2.71 bits per heavy atom. The maximum Gasteiger partial charge on any atom is 0.170 e. The van der Waals surface area contributed by atoms with Gasteiger partial charge in [-0.25, -0.2) is 0 Å². The summed E-state index contributed by atoms with van der Waals surface area (Å²) in [5.41, 5.74) is 9.41. The molecule has 0 saturated heterocycles. The van der Waals surface area contributed by atoms with Crippen molar-refractivity contribution in [2.75, 3.05) is 12.4 Å². The monoisotopic (exact) mass is 285 g/mol. The van der Waals surface area contributed by atoms with Gasteiger partial charge in [0.15, 0.2) is 5.84 Å². The van der Waals surface area contributed by atoms with Crippen molar-refractivity contribution in [1.82, 2.24) is 0 Å². The van der Waals surface area contributed by atoms with Gasteiger partial charge in [-0.2, -0.15) is 0 Å². The van der Waals surface area contributed by atoms with Crippen molar-refractivity contribution < 1.29 is 9.94 Å². The van der Waals surface area contributed by atoms with Crippen molar-refractivity contribution in [1.29, 1.82) is 0 Å².